The molecule has 3 rings (SSSR count). The highest BCUT2D eigenvalue weighted by molar-refractivity contribution is 5.91. The molecule has 0 saturated heterocycles. The van der Waals surface area contributed by atoms with E-state index in [4.69, 9.17) is 21.0 Å². The van der Waals surface area contributed by atoms with Crippen LogP contribution in [0, 0.1) is 24.2 Å². The second-order valence-electron chi connectivity index (χ2n) is 6.84. The van der Waals surface area contributed by atoms with Crippen molar-refractivity contribution in [2.24, 2.45) is 11.8 Å². The van der Waals surface area contributed by atoms with Gasteiger partial charge in [-0.3, -0.25) is 4.79 Å². The Bertz CT molecular complexity index is 685. The van der Waals surface area contributed by atoms with Gasteiger partial charge in [0.25, 0.3) is 5.91 Å². The summed E-state index contributed by atoms with van der Waals surface area (Å²) in [5.74, 6) is 3.32. The van der Waals surface area contributed by atoms with Crippen molar-refractivity contribution >= 4 is 5.91 Å². The molecule has 1 heterocycles. The largest absolute Gasteiger partial charge is 0.459 e. The molecule has 0 radical (unpaired) electrons. The second-order valence-corrected chi connectivity index (χ2v) is 6.84. The zero-order chi connectivity index (χ0) is 18.4. The van der Waals surface area contributed by atoms with Crippen molar-refractivity contribution in [2.45, 2.75) is 45.2 Å². The van der Waals surface area contributed by atoms with Gasteiger partial charge in [-0.2, -0.15) is 0 Å². The van der Waals surface area contributed by atoms with Crippen LogP contribution in [0.3, 0.4) is 0 Å². The maximum atomic E-state index is 12.2. The highest BCUT2D eigenvalue weighted by atomic mass is 16.7. The minimum Gasteiger partial charge on any atom is -0.459 e. The van der Waals surface area contributed by atoms with Crippen LogP contribution in [0.2, 0.25) is 0 Å². The van der Waals surface area contributed by atoms with Crippen LogP contribution >= 0.6 is 0 Å². The summed E-state index contributed by atoms with van der Waals surface area (Å²) in [5, 5.41) is 11.8. The van der Waals surface area contributed by atoms with Crippen LogP contribution in [0.5, 0.6) is 0 Å². The molecule has 2 aliphatic rings. The number of hydrogen-bond acceptors (Lipinski definition) is 4. The average Bonchev–Trinajstić information content (AvgIpc) is 2.63. The molecule has 0 bridgehead atoms. The van der Waals surface area contributed by atoms with Crippen molar-refractivity contribution in [3.8, 4) is 12.3 Å². The normalized spacial score (nSPS) is 22.5. The Kier molecular flexibility index (Phi) is 6.32. The summed E-state index contributed by atoms with van der Waals surface area (Å²) in [6.07, 6.45) is 11.1. The quantitative estimate of drug-likeness (QED) is 0.738. The topological polar surface area (TPSA) is 67.8 Å². The number of amides is 1. The zero-order valence-corrected chi connectivity index (χ0v) is 14.8. The predicted molar refractivity (Wildman–Crippen MR) is 97.4 cm³/mol. The van der Waals surface area contributed by atoms with Gasteiger partial charge in [-0.05, 0) is 41.9 Å². The molecule has 5 nitrogen and oxygen atoms in total. The first-order chi connectivity index (χ1) is 12.7. The molecule has 2 N–H and O–H groups in total. The first-order valence-corrected chi connectivity index (χ1v) is 9.10. The molecule has 1 aliphatic heterocycles. The monoisotopic (exact) mass is 355 g/mol. The number of carbonyl (C=O) groups is 1. The van der Waals surface area contributed by atoms with Gasteiger partial charge in [0.15, 0.2) is 5.76 Å². The first kappa shape index (κ1) is 18.5. The number of aliphatic hydroxyl groups excluding tert-OH is 1. The summed E-state index contributed by atoms with van der Waals surface area (Å²) in [6.45, 7) is 0.597. The Morgan fingerprint density at radius 3 is 2.65 bits per heavy atom. The number of nitrogens with one attached hydrogen (secondary N) is 1. The smallest absolute Gasteiger partial charge is 0.286 e. The van der Waals surface area contributed by atoms with E-state index < -0.39 is 6.29 Å². The van der Waals surface area contributed by atoms with E-state index in [1.165, 1.54) is 19.3 Å². The van der Waals surface area contributed by atoms with Crippen molar-refractivity contribution < 1.29 is 19.4 Å². The Balaban J connectivity index is 1.62. The van der Waals surface area contributed by atoms with E-state index in [0.717, 1.165) is 17.5 Å². The van der Waals surface area contributed by atoms with Gasteiger partial charge in [0, 0.05) is 6.42 Å². The number of carbonyl (C=O) groups excluding carboxylic acids is 1. The van der Waals surface area contributed by atoms with E-state index in [0.29, 0.717) is 24.2 Å². The number of aliphatic hydroxyl groups is 1. The molecule has 0 unspecified atom stereocenters. The lowest BCUT2D eigenvalue weighted by atomic mass is 9.73. The fourth-order valence-corrected chi connectivity index (χ4v) is 3.29. The molecule has 1 aliphatic carbocycles. The number of allylic oxidation sites excluding steroid dienone is 1. The van der Waals surface area contributed by atoms with Crippen molar-refractivity contribution in [1.82, 2.24) is 5.32 Å². The first-order valence-electron chi connectivity index (χ1n) is 9.10. The van der Waals surface area contributed by atoms with Gasteiger partial charge in [0.05, 0.1) is 19.8 Å². The van der Waals surface area contributed by atoms with E-state index in [9.17, 15) is 4.79 Å². The molecule has 0 spiro atoms. The van der Waals surface area contributed by atoms with Crippen LogP contribution in [0.4, 0.5) is 0 Å². The summed E-state index contributed by atoms with van der Waals surface area (Å²) < 4.78 is 11.7. The lowest BCUT2D eigenvalue weighted by Crippen LogP contribution is -2.36. The minimum atomic E-state index is -0.449. The maximum absolute atomic E-state index is 12.2. The Morgan fingerprint density at radius 1 is 1.31 bits per heavy atom. The highest BCUT2D eigenvalue weighted by Gasteiger charge is 2.34. The Labute approximate surface area is 154 Å². The molecule has 1 saturated carbocycles. The fourth-order valence-electron chi connectivity index (χ4n) is 3.29. The zero-order valence-electron chi connectivity index (χ0n) is 14.8. The van der Waals surface area contributed by atoms with Gasteiger partial charge in [-0.25, -0.2) is 0 Å². The molecule has 1 aromatic carbocycles. The average molecular weight is 355 g/mol. The van der Waals surface area contributed by atoms with Crippen LogP contribution in [-0.4, -0.2) is 23.8 Å². The molecule has 1 amide bonds. The molecule has 5 heteroatoms. The molecular weight excluding hydrogens is 330 g/mol. The van der Waals surface area contributed by atoms with Gasteiger partial charge in [-0.1, -0.05) is 36.6 Å². The third-order valence-corrected chi connectivity index (χ3v) is 5.06. The summed E-state index contributed by atoms with van der Waals surface area (Å²) >= 11 is 0. The minimum absolute atomic E-state index is 0.0247. The second kappa shape index (κ2) is 8.88. The molecular formula is C21H25NO4. The Hall–Kier alpha value is -2.29. The fraction of sp³-hybridized carbons (Fsp3) is 0.476. The number of ether oxygens (including phenoxy) is 2. The van der Waals surface area contributed by atoms with Gasteiger partial charge in [-0.15, -0.1) is 6.42 Å². The third-order valence-electron chi connectivity index (χ3n) is 5.06. The van der Waals surface area contributed by atoms with E-state index in [1.54, 1.807) is 0 Å². The summed E-state index contributed by atoms with van der Waals surface area (Å²) in [6, 6.07) is 7.59. The number of terminal acetylenes is 1. The molecule has 1 aromatic rings. The third kappa shape index (κ3) is 4.66. The van der Waals surface area contributed by atoms with Crippen LogP contribution in [0.25, 0.3) is 0 Å². The van der Waals surface area contributed by atoms with Crippen LogP contribution in [0.15, 0.2) is 36.1 Å². The van der Waals surface area contributed by atoms with Crippen molar-refractivity contribution in [2.75, 3.05) is 6.54 Å². The van der Waals surface area contributed by atoms with E-state index in [2.05, 4.69) is 11.2 Å². The molecule has 2 atom stereocenters. The molecule has 26 heavy (non-hydrogen) atoms. The lowest BCUT2D eigenvalue weighted by molar-refractivity contribution is -0.156. The van der Waals surface area contributed by atoms with Crippen LogP contribution in [0.1, 0.15) is 36.8 Å². The van der Waals surface area contributed by atoms with Gasteiger partial charge < -0.3 is 19.9 Å². The summed E-state index contributed by atoms with van der Waals surface area (Å²) in [4.78, 5) is 12.2. The predicted octanol–water partition coefficient (Wildman–Crippen LogP) is 2.49. The van der Waals surface area contributed by atoms with Crippen molar-refractivity contribution in [3.63, 3.8) is 0 Å². The number of benzene rings is 1. The standard InChI is InChI=1S/C21H25NO4/c1-2-10-22-21(24)19-11-18(17-4-3-5-17)12-20(26-19)25-14-16-8-6-15(13-23)7-9-16/h1,6-9,11,17-18,20,23H,3-5,10,12-14H2,(H,22,24)/t18-,20+/m1/s1. The maximum Gasteiger partial charge on any atom is 0.286 e. The Morgan fingerprint density at radius 2 is 2.04 bits per heavy atom. The highest BCUT2D eigenvalue weighted by Crippen LogP contribution is 2.40. The summed E-state index contributed by atoms with van der Waals surface area (Å²) in [7, 11) is 0. The summed E-state index contributed by atoms with van der Waals surface area (Å²) in [5.41, 5.74) is 1.86. The van der Waals surface area contributed by atoms with Crippen molar-refractivity contribution in [1.29, 1.82) is 0 Å². The van der Waals surface area contributed by atoms with Gasteiger partial charge in [0.1, 0.15) is 0 Å². The molecule has 1 fully saturated rings. The van der Waals surface area contributed by atoms with Gasteiger partial charge in [0.2, 0.25) is 6.29 Å². The lowest BCUT2D eigenvalue weighted by Gasteiger charge is -2.37. The van der Waals surface area contributed by atoms with E-state index in [1.807, 2.05) is 30.3 Å². The van der Waals surface area contributed by atoms with Crippen LogP contribution < -0.4 is 5.32 Å². The molecule has 138 valence electrons. The number of rotatable bonds is 7. The van der Waals surface area contributed by atoms with Gasteiger partial charge >= 0.3 is 0 Å². The number of hydrogen-bond donors (Lipinski definition) is 2. The van der Waals surface area contributed by atoms with E-state index in [-0.39, 0.29) is 19.1 Å². The van der Waals surface area contributed by atoms with E-state index >= 15 is 0 Å². The molecule has 0 aromatic heterocycles. The van der Waals surface area contributed by atoms with Crippen LogP contribution in [-0.2, 0) is 27.5 Å². The SMILES string of the molecule is C#CCNC(=O)C1=C[C@@H](C2CCC2)C[C@@H](OCc2ccc(CO)cc2)O1. The van der Waals surface area contributed by atoms with Crippen molar-refractivity contribution in [3.05, 3.63) is 47.2 Å².